The van der Waals surface area contributed by atoms with E-state index in [1.807, 2.05) is 0 Å². The molecule has 198 valence electrons. The molecule has 0 aliphatic carbocycles. The number of nitrogens with one attached hydrogen (secondary N) is 5. The molecule has 16 nitrogen and oxygen atoms in total. The van der Waals surface area contributed by atoms with Gasteiger partial charge in [0.1, 0.15) is 25.2 Å². The van der Waals surface area contributed by atoms with Crippen LogP contribution >= 0.6 is 0 Å². The van der Waals surface area contributed by atoms with Gasteiger partial charge in [0.15, 0.2) is 0 Å². The first-order valence-electron chi connectivity index (χ1n) is 11.2. The molecule has 2 heterocycles. The zero-order chi connectivity index (χ0) is 26.8. The molecule has 8 N–H and O–H groups in total. The van der Waals surface area contributed by atoms with Gasteiger partial charge in [0.2, 0.25) is 17.8 Å². The average molecular weight is 518 g/mol. The van der Waals surface area contributed by atoms with Crippen molar-refractivity contribution in [2.75, 3.05) is 30.7 Å². The number of nitrogens with zero attached hydrogens (tertiary/aromatic N) is 3. The van der Waals surface area contributed by atoms with Gasteiger partial charge in [-0.3, -0.25) is 14.5 Å². The van der Waals surface area contributed by atoms with Crippen LogP contribution in [0, 0.1) is 0 Å². The molecule has 1 saturated heterocycles. The summed E-state index contributed by atoms with van der Waals surface area (Å²) in [4.78, 5) is 65.0. The highest BCUT2D eigenvalue weighted by molar-refractivity contribution is 6.06. The zero-order valence-corrected chi connectivity index (χ0v) is 19.6. The van der Waals surface area contributed by atoms with E-state index in [4.69, 9.17) is 10.5 Å². The lowest BCUT2D eigenvalue weighted by atomic mass is 10.1. The number of aromatic amines is 1. The number of hydrogen-bond donors (Lipinski definition) is 7. The van der Waals surface area contributed by atoms with Gasteiger partial charge in [0.25, 0.3) is 5.91 Å². The number of amides is 5. The third-order valence-corrected chi connectivity index (χ3v) is 5.17. The lowest BCUT2D eigenvalue weighted by Crippen LogP contribution is -2.50. The highest BCUT2D eigenvalue weighted by atomic mass is 16.5. The maximum atomic E-state index is 12.5. The molecule has 2 atom stereocenters. The van der Waals surface area contributed by atoms with Crippen LogP contribution in [0.3, 0.4) is 0 Å². The molecule has 1 aromatic heterocycles. The van der Waals surface area contributed by atoms with Crippen LogP contribution in [0.4, 0.5) is 21.5 Å². The van der Waals surface area contributed by atoms with Gasteiger partial charge in [-0.25, -0.2) is 19.5 Å². The number of carbonyl (C=O) groups is 5. The minimum atomic E-state index is -1.49. The van der Waals surface area contributed by atoms with E-state index in [0.717, 1.165) is 4.90 Å². The molecule has 1 aliphatic rings. The standard InChI is InChI=1S/C21H27N9O7/c22-18-27-19(29-28-18)23-8-4-7-13-16(32)30(20(35)25-13)10-15(31)24-9-14(17(33)34)26-21(36)37-11-12-5-2-1-3-6-12/h1-3,5-6,13-14H,4,7-11H2,(H,24,31)(H,25,35)(H,26,36)(H,33,34)(H4,22,23,27,28,29)/t13-,14-/m0/s1. The highest BCUT2D eigenvalue weighted by Crippen LogP contribution is 2.11. The number of imide groups is 1. The van der Waals surface area contributed by atoms with Gasteiger partial charge < -0.3 is 36.8 Å². The van der Waals surface area contributed by atoms with Gasteiger partial charge in [-0.1, -0.05) is 30.3 Å². The predicted molar refractivity (Wildman–Crippen MR) is 127 cm³/mol. The van der Waals surface area contributed by atoms with Crippen LogP contribution in [0.5, 0.6) is 0 Å². The fraction of sp³-hybridized carbons (Fsp3) is 0.381. The number of aromatic nitrogens is 3. The Balaban J connectivity index is 1.39. The van der Waals surface area contributed by atoms with Crippen molar-refractivity contribution in [1.82, 2.24) is 36.0 Å². The fourth-order valence-electron chi connectivity index (χ4n) is 3.30. The van der Waals surface area contributed by atoms with E-state index in [1.54, 1.807) is 30.3 Å². The summed E-state index contributed by atoms with van der Waals surface area (Å²) in [5, 5.41) is 25.5. The van der Waals surface area contributed by atoms with Gasteiger partial charge in [0, 0.05) is 13.1 Å². The molecule has 37 heavy (non-hydrogen) atoms. The number of anilines is 2. The second-order valence-corrected chi connectivity index (χ2v) is 7.94. The van der Waals surface area contributed by atoms with Gasteiger partial charge >= 0.3 is 18.1 Å². The Bertz CT molecular complexity index is 1120. The van der Waals surface area contributed by atoms with Crippen molar-refractivity contribution in [1.29, 1.82) is 0 Å². The number of ether oxygens (including phenoxy) is 1. The normalized spacial score (nSPS) is 15.6. The highest BCUT2D eigenvalue weighted by Gasteiger charge is 2.38. The van der Waals surface area contributed by atoms with Crippen molar-refractivity contribution in [3.63, 3.8) is 0 Å². The van der Waals surface area contributed by atoms with E-state index in [2.05, 4.69) is 36.4 Å². The summed E-state index contributed by atoms with van der Waals surface area (Å²) in [6.45, 7) is -0.752. The number of carboxylic acid groups (broad SMARTS) is 1. The molecular weight excluding hydrogens is 490 g/mol. The second kappa shape index (κ2) is 12.7. The fourth-order valence-corrected chi connectivity index (χ4v) is 3.30. The van der Waals surface area contributed by atoms with Gasteiger partial charge in [0.05, 0.1) is 0 Å². The zero-order valence-electron chi connectivity index (χ0n) is 19.6. The van der Waals surface area contributed by atoms with E-state index in [9.17, 15) is 29.1 Å². The van der Waals surface area contributed by atoms with Gasteiger partial charge in [-0.2, -0.15) is 4.98 Å². The van der Waals surface area contributed by atoms with E-state index >= 15 is 0 Å². The number of urea groups is 1. The van der Waals surface area contributed by atoms with Crippen molar-refractivity contribution < 1.29 is 33.8 Å². The predicted octanol–water partition coefficient (Wildman–Crippen LogP) is -1.00. The summed E-state index contributed by atoms with van der Waals surface area (Å²) >= 11 is 0. The lowest BCUT2D eigenvalue weighted by molar-refractivity contribution is -0.139. The van der Waals surface area contributed by atoms with Gasteiger partial charge in [-0.05, 0) is 18.4 Å². The molecule has 1 fully saturated rings. The Labute approximate surface area is 210 Å². The third kappa shape index (κ3) is 8.08. The Hall–Kier alpha value is -4.89. The topological polar surface area (TPSA) is 234 Å². The summed E-state index contributed by atoms with van der Waals surface area (Å²) in [5.41, 5.74) is 6.13. The van der Waals surface area contributed by atoms with Crippen molar-refractivity contribution in [2.24, 2.45) is 0 Å². The summed E-state index contributed by atoms with van der Waals surface area (Å²) in [6.07, 6.45) is -0.202. The maximum Gasteiger partial charge on any atom is 0.408 e. The largest absolute Gasteiger partial charge is 0.480 e. The van der Waals surface area contributed by atoms with Crippen molar-refractivity contribution in [3.8, 4) is 0 Å². The van der Waals surface area contributed by atoms with Crippen LogP contribution in [-0.4, -0.2) is 86.8 Å². The minimum absolute atomic E-state index is 0.0662. The van der Waals surface area contributed by atoms with Crippen LogP contribution in [0.2, 0.25) is 0 Å². The smallest absolute Gasteiger partial charge is 0.408 e. The number of hydrogen-bond acceptors (Lipinski definition) is 10. The van der Waals surface area contributed by atoms with Crippen molar-refractivity contribution >= 4 is 41.8 Å². The monoisotopic (exact) mass is 517 g/mol. The first-order chi connectivity index (χ1) is 17.7. The van der Waals surface area contributed by atoms with E-state index in [1.165, 1.54) is 0 Å². The molecule has 0 radical (unpaired) electrons. The number of carbonyl (C=O) groups excluding carboxylic acids is 4. The quantitative estimate of drug-likeness (QED) is 0.126. The van der Waals surface area contributed by atoms with Crippen LogP contribution in [0.25, 0.3) is 0 Å². The first-order valence-corrected chi connectivity index (χ1v) is 11.2. The molecule has 2 aromatic rings. The number of carboxylic acids is 1. The first kappa shape index (κ1) is 26.7. The summed E-state index contributed by atoms with van der Waals surface area (Å²) in [6, 6.07) is 5.73. The third-order valence-electron chi connectivity index (χ3n) is 5.17. The Kier molecular flexibility index (Phi) is 9.17. The number of nitrogens with two attached hydrogens (primary N) is 1. The maximum absolute atomic E-state index is 12.5. The summed E-state index contributed by atoms with van der Waals surface area (Å²) in [5.74, 6) is -2.31. The van der Waals surface area contributed by atoms with E-state index < -0.39 is 55.1 Å². The number of nitrogen functional groups attached to an aromatic ring is 1. The van der Waals surface area contributed by atoms with Crippen LogP contribution in [0.15, 0.2) is 30.3 Å². The molecule has 0 bridgehead atoms. The molecule has 0 unspecified atom stereocenters. The SMILES string of the molecule is Nc1nc(NCCC[C@@H]2NC(=O)N(CC(=O)NC[C@H](NC(=O)OCc3ccccc3)C(=O)O)C2=O)n[nH]1. The van der Waals surface area contributed by atoms with Crippen molar-refractivity contribution in [3.05, 3.63) is 35.9 Å². The van der Waals surface area contributed by atoms with Gasteiger partial charge in [-0.15, -0.1) is 5.10 Å². The number of alkyl carbamates (subject to hydrolysis) is 1. The lowest BCUT2D eigenvalue weighted by Gasteiger charge is -2.17. The summed E-state index contributed by atoms with van der Waals surface area (Å²) < 4.78 is 4.98. The van der Waals surface area contributed by atoms with Crippen LogP contribution < -0.4 is 27.0 Å². The molecule has 0 saturated carbocycles. The number of H-pyrrole nitrogens is 1. The molecule has 3 rings (SSSR count). The van der Waals surface area contributed by atoms with E-state index in [0.29, 0.717) is 30.9 Å². The number of benzene rings is 1. The Morgan fingerprint density at radius 3 is 2.65 bits per heavy atom. The minimum Gasteiger partial charge on any atom is -0.480 e. The summed E-state index contributed by atoms with van der Waals surface area (Å²) in [7, 11) is 0. The second-order valence-electron chi connectivity index (χ2n) is 7.94. The molecule has 0 spiro atoms. The molecule has 1 aliphatic heterocycles. The Morgan fingerprint density at radius 1 is 1.22 bits per heavy atom. The van der Waals surface area contributed by atoms with Crippen LogP contribution in [-0.2, 0) is 25.7 Å². The average Bonchev–Trinajstić information content (AvgIpc) is 3.40. The van der Waals surface area contributed by atoms with Crippen molar-refractivity contribution in [2.45, 2.75) is 31.5 Å². The molecule has 1 aromatic carbocycles. The molecule has 16 heteroatoms. The number of aliphatic carboxylic acids is 1. The van der Waals surface area contributed by atoms with E-state index in [-0.39, 0.29) is 12.6 Å². The molecular formula is C21H27N9O7. The Morgan fingerprint density at radius 2 is 1.97 bits per heavy atom. The number of rotatable bonds is 13. The molecule has 5 amide bonds. The van der Waals surface area contributed by atoms with Crippen LogP contribution in [0.1, 0.15) is 18.4 Å².